The Morgan fingerprint density at radius 1 is 1.00 bits per heavy atom. The second-order valence-electron chi connectivity index (χ2n) is 10.2. The highest BCUT2D eigenvalue weighted by Crippen LogP contribution is 2.51. The van der Waals surface area contributed by atoms with Gasteiger partial charge in [0.2, 0.25) is 11.8 Å². The first-order valence-corrected chi connectivity index (χ1v) is 12.6. The van der Waals surface area contributed by atoms with Crippen LogP contribution in [0.2, 0.25) is 0 Å². The number of amides is 2. The van der Waals surface area contributed by atoms with Crippen molar-refractivity contribution in [3.8, 4) is 5.75 Å². The number of carboxylic acid groups (broad SMARTS) is 1. The molecule has 0 aromatic heterocycles. The Morgan fingerprint density at radius 3 is 2.24 bits per heavy atom. The monoisotopic (exact) mass is 506 g/mol. The maximum absolute atomic E-state index is 13.9. The number of carboxylic acids is 1. The molecule has 4 unspecified atom stereocenters. The van der Waals surface area contributed by atoms with Crippen molar-refractivity contribution >= 4 is 23.8 Å². The van der Waals surface area contributed by atoms with Gasteiger partial charge in [-0.2, -0.15) is 0 Å². The van der Waals surface area contributed by atoms with E-state index in [1.54, 1.807) is 36.4 Å². The number of aromatic hydroxyl groups is 1. The predicted molar refractivity (Wildman–Crippen MR) is 132 cm³/mol. The molecule has 194 valence electrons. The summed E-state index contributed by atoms with van der Waals surface area (Å²) in [5.41, 5.74) is -0.177. The Balaban J connectivity index is 1.58. The van der Waals surface area contributed by atoms with E-state index in [2.05, 4.69) is 5.32 Å². The molecule has 3 N–H and O–H groups in total. The van der Waals surface area contributed by atoms with E-state index >= 15 is 0 Å². The lowest BCUT2D eigenvalue weighted by molar-refractivity contribution is -0.152. The maximum Gasteiger partial charge on any atom is 0.337 e. The van der Waals surface area contributed by atoms with E-state index in [1.165, 1.54) is 24.1 Å². The number of hydrogen-bond acceptors (Lipinski definition) is 7. The van der Waals surface area contributed by atoms with Gasteiger partial charge in [0.1, 0.15) is 11.3 Å². The molecule has 9 nitrogen and oxygen atoms in total. The summed E-state index contributed by atoms with van der Waals surface area (Å²) in [6.45, 7) is 0. The van der Waals surface area contributed by atoms with E-state index < -0.39 is 41.3 Å². The van der Waals surface area contributed by atoms with Crippen LogP contribution in [0.4, 0.5) is 0 Å². The van der Waals surface area contributed by atoms with Crippen LogP contribution < -0.4 is 5.32 Å². The van der Waals surface area contributed by atoms with Crippen molar-refractivity contribution in [2.24, 2.45) is 11.8 Å². The molecule has 2 aromatic carbocycles. The number of imide groups is 1. The highest BCUT2D eigenvalue weighted by atomic mass is 16.5. The van der Waals surface area contributed by atoms with Gasteiger partial charge in [-0.1, -0.05) is 43.5 Å². The lowest BCUT2D eigenvalue weighted by atomic mass is 9.76. The average molecular weight is 507 g/mol. The minimum absolute atomic E-state index is 0.0436. The Morgan fingerprint density at radius 2 is 1.65 bits per heavy atom. The summed E-state index contributed by atoms with van der Waals surface area (Å²) in [6.07, 6.45) is 4.30. The zero-order chi connectivity index (χ0) is 26.3. The van der Waals surface area contributed by atoms with Crippen LogP contribution in [0.1, 0.15) is 59.6 Å². The summed E-state index contributed by atoms with van der Waals surface area (Å²) in [6, 6.07) is 11.7. The number of hydrogen-bond donors (Lipinski definition) is 3. The average Bonchev–Trinajstić information content (AvgIpc) is 3.39. The third kappa shape index (κ3) is 4.17. The van der Waals surface area contributed by atoms with Crippen molar-refractivity contribution in [1.82, 2.24) is 10.2 Å². The number of phenols is 1. The molecule has 0 spiro atoms. The molecule has 2 amide bonds. The van der Waals surface area contributed by atoms with Crippen molar-refractivity contribution in [2.75, 3.05) is 7.11 Å². The number of methoxy groups -OCH3 is 1. The van der Waals surface area contributed by atoms with Crippen LogP contribution in [0.3, 0.4) is 0 Å². The van der Waals surface area contributed by atoms with Gasteiger partial charge in [0.15, 0.2) is 0 Å². The Hall–Kier alpha value is -3.72. The van der Waals surface area contributed by atoms with Gasteiger partial charge in [0.05, 0.1) is 24.5 Å². The fourth-order valence-corrected chi connectivity index (χ4v) is 6.33. The number of aliphatic carboxylic acids is 1. The van der Waals surface area contributed by atoms with Crippen molar-refractivity contribution in [2.45, 2.75) is 56.1 Å². The van der Waals surface area contributed by atoms with E-state index in [1.807, 2.05) is 0 Å². The van der Waals surface area contributed by atoms with Gasteiger partial charge < -0.3 is 14.9 Å². The fourth-order valence-electron chi connectivity index (χ4n) is 6.33. The molecule has 2 aromatic rings. The standard InChI is InChI=1S/C28H30N2O7/c1-37-26(34)18-11-9-17(10-12-18)23-21-22(25(33)30(24(21)32)19-5-3-2-4-6-19)28(29-23,27(35)36)15-16-7-13-20(31)14-8-16/h7-14,19,21-23,29,31H,2-6,15H2,1H3,(H,35,36). The van der Waals surface area contributed by atoms with Crippen LogP contribution in [0.15, 0.2) is 48.5 Å². The maximum atomic E-state index is 13.9. The number of ether oxygens (including phenoxy) is 1. The number of nitrogens with one attached hydrogen (secondary N) is 1. The number of fused-ring (bicyclic) bond motifs is 1. The topological polar surface area (TPSA) is 133 Å². The summed E-state index contributed by atoms with van der Waals surface area (Å²) in [5, 5.41) is 23.5. The molecule has 37 heavy (non-hydrogen) atoms. The second kappa shape index (κ2) is 9.63. The Labute approximate surface area is 214 Å². The van der Waals surface area contributed by atoms with Crippen LogP contribution in [0.5, 0.6) is 5.75 Å². The minimum Gasteiger partial charge on any atom is -0.508 e. The summed E-state index contributed by atoms with van der Waals surface area (Å²) < 4.78 is 4.77. The van der Waals surface area contributed by atoms with E-state index in [0.717, 1.165) is 32.1 Å². The van der Waals surface area contributed by atoms with Gasteiger partial charge in [-0.15, -0.1) is 0 Å². The number of likely N-dealkylation sites (tertiary alicyclic amines) is 1. The van der Waals surface area contributed by atoms with Crippen molar-refractivity contribution in [3.05, 3.63) is 65.2 Å². The van der Waals surface area contributed by atoms with Gasteiger partial charge in [0.25, 0.3) is 0 Å². The summed E-state index contributed by atoms with van der Waals surface area (Å²) >= 11 is 0. The fraction of sp³-hybridized carbons (Fsp3) is 0.429. The number of phenolic OH excluding ortho intramolecular Hbond substituents is 1. The molecule has 4 atom stereocenters. The molecule has 3 fully saturated rings. The molecule has 0 bridgehead atoms. The third-order valence-corrected chi connectivity index (χ3v) is 8.12. The van der Waals surface area contributed by atoms with E-state index in [0.29, 0.717) is 16.7 Å². The molecule has 5 rings (SSSR count). The molecular weight excluding hydrogens is 476 g/mol. The van der Waals surface area contributed by atoms with Crippen LogP contribution >= 0.6 is 0 Å². The lowest BCUT2D eigenvalue weighted by Gasteiger charge is -2.34. The molecule has 2 aliphatic heterocycles. The normalized spacial score (nSPS) is 27.8. The lowest BCUT2D eigenvalue weighted by Crippen LogP contribution is -2.58. The smallest absolute Gasteiger partial charge is 0.337 e. The second-order valence-corrected chi connectivity index (χ2v) is 10.2. The number of esters is 1. The first-order chi connectivity index (χ1) is 17.8. The number of carbonyl (C=O) groups excluding carboxylic acids is 3. The highest BCUT2D eigenvalue weighted by Gasteiger charge is 2.69. The molecular formula is C28H30N2O7. The van der Waals surface area contributed by atoms with E-state index in [-0.39, 0.29) is 24.1 Å². The Bertz CT molecular complexity index is 1220. The third-order valence-electron chi connectivity index (χ3n) is 8.12. The van der Waals surface area contributed by atoms with Gasteiger partial charge >= 0.3 is 11.9 Å². The predicted octanol–water partition coefficient (Wildman–Crippen LogP) is 2.82. The zero-order valence-corrected chi connectivity index (χ0v) is 20.6. The van der Waals surface area contributed by atoms with Crippen LogP contribution in [-0.2, 0) is 25.5 Å². The molecule has 1 aliphatic carbocycles. The van der Waals surface area contributed by atoms with Crippen LogP contribution in [-0.4, -0.2) is 57.6 Å². The molecule has 3 aliphatic rings. The molecule has 9 heteroatoms. The van der Waals surface area contributed by atoms with Crippen molar-refractivity contribution in [1.29, 1.82) is 0 Å². The highest BCUT2D eigenvalue weighted by molar-refractivity contribution is 6.09. The number of rotatable bonds is 6. The summed E-state index contributed by atoms with van der Waals surface area (Å²) in [5.74, 6) is -4.45. The molecule has 1 saturated carbocycles. The van der Waals surface area contributed by atoms with Gasteiger partial charge in [0, 0.05) is 18.5 Å². The molecule has 2 heterocycles. The van der Waals surface area contributed by atoms with Gasteiger partial charge in [-0.3, -0.25) is 24.6 Å². The SMILES string of the molecule is COC(=O)c1ccc(C2NC(Cc3ccc(O)cc3)(C(=O)O)C3C(=O)N(C4CCCCC4)C(=O)C23)cc1. The number of benzene rings is 2. The first kappa shape index (κ1) is 25.0. The zero-order valence-electron chi connectivity index (χ0n) is 20.6. The van der Waals surface area contributed by atoms with Gasteiger partial charge in [-0.25, -0.2) is 4.79 Å². The molecule has 0 radical (unpaired) electrons. The van der Waals surface area contributed by atoms with E-state index in [9.17, 15) is 29.4 Å². The van der Waals surface area contributed by atoms with Gasteiger partial charge in [-0.05, 0) is 48.2 Å². The summed E-state index contributed by atoms with van der Waals surface area (Å²) in [7, 11) is 1.28. The van der Waals surface area contributed by atoms with E-state index in [4.69, 9.17) is 4.74 Å². The number of nitrogens with zero attached hydrogens (tertiary/aromatic N) is 1. The first-order valence-electron chi connectivity index (χ1n) is 12.6. The van der Waals surface area contributed by atoms with Crippen molar-refractivity contribution < 1.29 is 34.1 Å². The van der Waals surface area contributed by atoms with Crippen LogP contribution in [0, 0.1) is 11.8 Å². The van der Waals surface area contributed by atoms with Crippen LogP contribution in [0.25, 0.3) is 0 Å². The largest absolute Gasteiger partial charge is 0.508 e. The number of carbonyl (C=O) groups is 4. The van der Waals surface area contributed by atoms with Crippen molar-refractivity contribution in [3.63, 3.8) is 0 Å². The quantitative estimate of drug-likeness (QED) is 0.402. The minimum atomic E-state index is -1.73. The summed E-state index contributed by atoms with van der Waals surface area (Å²) in [4.78, 5) is 54.0. The molecule has 2 saturated heterocycles. The Kier molecular flexibility index (Phi) is 6.49.